The third kappa shape index (κ3) is 3.24. The van der Waals surface area contributed by atoms with Gasteiger partial charge < -0.3 is 15.8 Å². The number of hydrazine groups is 1. The topological polar surface area (TPSA) is 113 Å². The van der Waals surface area contributed by atoms with E-state index in [0.717, 1.165) is 5.56 Å². The molecule has 0 aliphatic carbocycles. The molecule has 19 heavy (non-hydrogen) atoms. The fourth-order valence-electron chi connectivity index (χ4n) is 1.41. The number of nitrogens with one attached hydrogen (secondary N) is 2. The van der Waals surface area contributed by atoms with Crippen molar-refractivity contribution in [1.29, 1.82) is 0 Å². The second-order valence-corrected chi connectivity index (χ2v) is 3.74. The molecule has 0 fully saturated rings. The summed E-state index contributed by atoms with van der Waals surface area (Å²) in [7, 11) is 0. The van der Waals surface area contributed by atoms with Gasteiger partial charge in [0.05, 0.1) is 19.0 Å². The third-order valence-corrected chi connectivity index (χ3v) is 2.43. The van der Waals surface area contributed by atoms with Crippen molar-refractivity contribution in [3.8, 4) is 0 Å². The number of nitrogens with zero attached hydrogens (tertiary/aromatic N) is 2. The van der Waals surface area contributed by atoms with Gasteiger partial charge in [0.1, 0.15) is 5.69 Å². The Labute approximate surface area is 109 Å². The van der Waals surface area contributed by atoms with Crippen LogP contribution in [0.5, 0.6) is 0 Å². The van der Waals surface area contributed by atoms with Gasteiger partial charge >= 0.3 is 0 Å². The summed E-state index contributed by atoms with van der Waals surface area (Å²) in [5.74, 6) is 5.16. The van der Waals surface area contributed by atoms with Crippen molar-refractivity contribution in [2.24, 2.45) is 5.84 Å². The number of aromatic nitrogens is 2. The van der Waals surface area contributed by atoms with E-state index < -0.39 is 0 Å². The van der Waals surface area contributed by atoms with Crippen LogP contribution in [-0.2, 0) is 6.61 Å². The number of hydrogen-bond acceptors (Lipinski definition) is 6. The zero-order valence-electron chi connectivity index (χ0n) is 10.00. The molecular weight excluding hydrogens is 246 g/mol. The number of hydrogen-bond donors (Lipinski definition) is 4. The maximum absolute atomic E-state index is 11.9. The summed E-state index contributed by atoms with van der Waals surface area (Å²) in [5, 5.41) is 11.6. The van der Waals surface area contributed by atoms with Crippen molar-refractivity contribution in [3.63, 3.8) is 0 Å². The quantitative estimate of drug-likeness (QED) is 0.470. The molecule has 1 aromatic carbocycles. The summed E-state index contributed by atoms with van der Waals surface area (Å²) in [5.41, 5.74) is 3.90. The zero-order chi connectivity index (χ0) is 13.7. The van der Waals surface area contributed by atoms with Crippen molar-refractivity contribution >= 4 is 17.4 Å². The predicted molar refractivity (Wildman–Crippen MR) is 70.2 cm³/mol. The molecule has 5 N–H and O–H groups in total. The lowest BCUT2D eigenvalue weighted by Crippen LogP contribution is -2.15. The Bertz CT molecular complexity index is 553. The molecule has 0 atom stereocenters. The van der Waals surface area contributed by atoms with Crippen LogP contribution in [0.15, 0.2) is 36.7 Å². The molecule has 2 rings (SSSR count). The average Bonchev–Trinajstić information content (AvgIpc) is 2.48. The number of nitrogens with two attached hydrogens (primary N) is 1. The van der Waals surface area contributed by atoms with Crippen molar-refractivity contribution in [2.75, 3.05) is 10.7 Å². The number of benzene rings is 1. The summed E-state index contributed by atoms with van der Waals surface area (Å²) in [4.78, 5) is 19.7. The molecule has 7 heteroatoms. The van der Waals surface area contributed by atoms with Crippen molar-refractivity contribution < 1.29 is 9.90 Å². The second-order valence-electron chi connectivity index (χ2n) is 3.74. The van der Waals surface area contributed by atoms with Crippen molar-refractivity contribution in [3.05, 3.63) is 47.9 Å². The summed E-state index contributed by atoms with van der Waals surface area (Å²) >= 11 is 0. The fraction of sp³-hybridized carbons (Fsp3) is 0.0833. The molecule has 0 unspecified atom stereocenters. The number of aliphatic hydroxyl groups is 1. The largest absolute Gasteiger partial charge is 0.392 e. The number of carbonyl (C=O) groups excluding carboxylic acids is 1. The normalized spacial score (nSPS) is 10.0. The SMILES string of the molecule is NNc1cnc(C(=O)Nc2ccc(CO)cc2)cn1. The number of aliphatic hydroxyl groups excluding tert-OH is 1. The van der Waals surface area contributed by atoms with Gasteiger partial charge in [0.15, 0.2) is 5.82 Å². The van der Waals surface area contributed by atoms with Gasteiger partial charge in [-0.15, -0.1) is 0 Å². The highest BCUT2D eigenvalue weighted by atomic mass is 16.3. The molecule has 0 radical (unpaired) electrons. The van der Waals surface area contributed by atoms with E-state index >= 15 is 0 Å². The summed E-state index contributed by atoms with van der Waals surface area (Å²) < 4.78 is 0. The molecule has 7 nitrogen and oxygen atoms in total. The van der Waals surface area contributed by atoms with Crippen LogP contribution in [0.3, 0.4) is 0 Å². The molecule has 0 bridgehead atoms. The van der Waals surface area contributed by atoms with E-state index in [9.17, 15) is 4.79 Å². The van der Waals surface area contributed by atoms with Gasteiger partial charge in [-0.05, 0) is 17.7 Å². The molecule has 2 aromatic rings. The number of anilines is 2. The number of carbonyl (C=O) groups is 1. The second kappa shape index (κ2) is 5.89. The first kappa shape index (κ1) is 12.9. The monoisotopic (exact) mass is 259 g/mol. The predicted octanol–water partition coefficient (Wildman–Crippen LogP) is 0.507. The van der Waals surface area contributed by atoms with Gasteiger partial charge in [0.2, 0.25) is 0 Å². The Morgan fingerprint density at radius 3 is 2.47 bits per heavy atom. The Balaban J connectivity index is 2.06. The van der Waals surface area contributed by atoms with E-state index in [0.29, 0.717) is 11.5 Å². The molecule has 1 amide bonds. The van der Waals surface area contributed by atoms with Gasteiger partial charge in [-0.3, -0.25) is 4.79 Å². The maximum atomic E-state index is 11.9. The van der Waals surface area contributed by atoms with E-state index in [4.69, 9.17) is 10.9 Å². The first-order valence-electron chi connectivity index (χ1n) is 5.52. The standard InChI is InChI=1S/C12H13N5O2/c13-17-11-6-14-10(5-15-11)12(19)16-9-3-1-8(7-18)2-4-9/h1-6,18H,7,13H2,(H,15,17)(H,16,19). The van der Waals surface area contributed by atoms with Crippen LogP contribution < -0.4 is 16.6 Å². The van der Waals surface area contributed by atoms with Crippen LogP contribution in [-0.4, -0.2) is 21.0 Å². The lowest BCUT2D eigenvalue weighted by Gasteiger charge is -2.05. The van der Waals surface area contributed by atoms with Crippen LogP contribution in [0.4, 0.5) is 11.5 Å². The molecule has 98 valence electrons. The van der Waals surface area contributed by atoms with Crippen LogP contribution in [0.1, 0.15) is 16.1 Å². The van der Waals surface area contributed by atoms with Crippen LogP contribution in [0, 0.1) is 0 Å². The molecule has 0 aliphatic rings. The molecule has 0 saturated heterocycles. The molecule has 0 spiro atoms. The minimum absolute atomic E-state index is 0.0345. The molecule has 0 saturated carbocycles. The minimum Gasteiger partial charge on any atom is -0.392 e. The number of amides is 1. The highest BCUT2D eigenvalue weighted by molar-refractivity contribution is 6.02. The number of nitrogen functional groups attached to an aromatic ring is 1. The van der Waals surface area contributed by atoms with Crippen LogP contribution >= 0.6 is 0 Å². The molecule has 1 heterocycles. The average molecular weight is 259 g/mol. The molecule has 0 aliphatic heterocycles. The molecule has 1 aromatic heterocycles. The van der Waals surface area contributed by atoms with Crippen molar-refractivity contribution in [1.82, 2.24) is 9.97 Å². The first-order chi connectivity index (χ1) is 9.22. The van der Waals surface area contributed by atoms with E-state index in [-0.39, 0.29) is 18.2 Å². The zero-order valence-corrected chi connectivity index (χ0v) is 10.00. The Hall–Kier alpha value is -2.51. The smallest absolute Gasteiger partial charge is 0.275 e. The highest BCUT2D eigenvalue weighted by Gasteiger charge is 2.08. The van der Waals surface area contributed by atoms with Crippen LogP contribution in [0.25, 0.3) is 0 Å². The minimum atomic E-state index is -0.368. The maximum Gasteiger partial charge on any atom is 0.275 e. The molecular formula is C12H13N5O2. The van der Waals surface area contributed by atoms with Gasteiger partial charge in [-0.2, -0.15) is 0 Å². The van der Waals surface area contributed by atoms with E-state index in [1.807, 2.05) is 0 Å². The van der Waals surface area contributed by atoms with E-state index in [1.54, 1.807) is 24.3 Å². The Morgan fingerprint density at radius 2 is 1.95 bits per heavy atom. The summed E-state index contributed by atoms with van der Waals surface area (Å²) in [6, 6.07) is 6.85. The number of rotatable bonds is 4. The van der Waals surface area contributed by atoms with E-state index in [2.05, 4.69) is 20.7 Å². The highest BCUT2D eigenvalue weighted by Crippen LogP contribution is 2.10. The summed E-state index contributed by atoms with van der Waals surface area (Å²) in [6.45, 7) is -0.0345. The lowest BCUT2D eigenvalue weighted by atomic mass is 10.2. The van der Waals surface area contributed by atoms with Gasteiger partial charge in [0.25, 0.3) is 5.91 Å². The van der Waals surface area contributed by atoms with E-state index in [1.165, 1.54) is 12.4 Å². The lowest BCUT2D eigenvalue weighted by molar-refractivity contribution is 0.102. The summed E-state index contributed by atoms with van der Waals surface area (Å²) in [6.07, 6.45) is 2.69. The van der Waals surface area contributed by atoms with Gasteiger partial charge in [-0.1, -0.05) is 12.1 Å². The Kier molecular flexibility index (Phi) is 4.01. The Morgan fingerprint density at radius 1 is 1.21 bits per heavy atom. The first-order valence-corrected chi connectivity index (χ1v) is 5.52. The van der Waals surface area contributed by atoms with Gasteiger partial charge in [-0.25, -0.2) is 15.8 Å². The van der Waals surface area contributed by atoms with Crippen molar-refractivity contribution in [2.45, 2.75) is 6.61 Å². The van der Waals surface area contributed by atoms with Crippen LogP contribution in [0.2, 0.25) is 0 Å². The fourth-order valence-corrected chi connectivity index (χ4v) is 1.41. The van der Waals surface area contributed by atoms with Gasteiger partial charge in [0, 0.05) is 5.69 Å². The third-order valence-electron chi connectivity index (χ3n) is 2.43.